The van der Waals surface area contributed by atoms with Gasteiger partial charge in [-0.1, -0.05) is 0 Å². The first-order valence-electron chi connectivity index (χ1n) is 8.08. The molecule has 2 aromatic rings. The monoisotopic (exact) mass is 334 g/mol. The molecule has 0 aliphatic carbocycles. The Balaban J connectivity index is 2.35. The number of halogens is 1. The van der Waals surface area contributed by atoms with Crippen molar-refractivity contribution in [2.24, 2.45) is 0 Å². The van der Waals surface area contributed by atoms with E-state index in [1.807, 2.05) is 6.07 Å². The van der Waals surface area contributed by atoms with E-state index in [4.69, 9.17) is 19.2 Å². The van der Waals surface area contributed by atoms with Gasteiger partial charge in [-0.25, -0.2) is 4.39 Å². The number of nitriles is 1. The molecule has 0 bridgehead atoms. The fraction of sp³-hybridized carbons (Fsp3) is 0.176. The summed E-state index contributed by atoms with van der Waals surface area (Å²) in [4.78, 5) is 11.3. The van der Waals surface area contributed by atoms with E-state index in [2.05, 4.69) is 0 Å². The summed E-state index contributed by atoms with van der Waals surface area (Å²) in [5.41, 5.74) is 0.561. The predicted octanol–water partition coefficient (Wildman–Crippen LogP) is 4.23. The zero-order valence-corrected chi connectivity index (χ0v) is 12.7. The highest BCUT2D eigenvalue weighted by Crippen LogP contribution is 2.30. The summed E-state index contributed by atoms with van der Waals surface area (Å²) >= 11 is 0.667. The molecule has 4 nitrogen and oxygen atoms in total. The summed E-state index contributed by atoms with van der Waals surface area (Å²) in [5, 5.41) is 17.8. The van der Waals surface area contributed by atoms with Crippen LogP contribution >= 0.6 is 11.8 Å². The third kappa shape index (κ3) is 4.73. The van der Waals surface area contributed by atoms with Crippen LogP contribution in [0.3, 0.4) is 0 Å². The van der Waals surface area contributed by atoms with Crippen molar-refractivity contribution in [1.29, 1.82) is 5.26 Å². The molecule has 0 radical (unpaired) electrons. The van der Waals surface area contributed by atoms with Gasteiger partial charge in [0.05, 0.1) is 11.6 Å². The zero-order valence-electron chi connectivity index (χ0n) is 14.9. The topological polar surface area (TPSA) is 70.3 Å². The van der Waals surface area contributed by atoms with Crippen LogP contribution in [0.4, 0.5) is 4.39 Å². The maximum atomic E-state index is 13.5. The molecule has 6 heteroatoms. The quantitative estimate of drug-likeness (QED) is 0.801. The third-order valence-electron chi connectivity index (χ3n) is 2.99. The summed E-state index contributed by atoms with van der Waals surface area (Å²) < 4.78 is 41.1. The maximum absolute atomic E-state index is 13.5. The predicted molar refractivity (Wildman–Crippen MR) is 85.4 cm³/mol. The fourth-order valence-corrected chi connectivity index (χ4v) is 2.31. The second-order valence-corrected chi connectivity index (χ2v) is 5.33. The van der Waals surface area contributed by atoms with Gasteiger partial charge >= 0.3 is 5.97 Å². The first-order chi connectivity index (χ1) is 12.2. The maximum Gasteiger partial charge on any atom is 0.303 e. The Labute approximate surface area is 141 Å². The third-order valence-corrected chi connectivity index (χ3v) is 3.48. The number of carboxylic acids is 1. The Morgan fingerprint density at radius 1 is 1.43 bits per heavy atom. The molecular formula is C17H14FNO3S. The molecule has 0 aliphatic heterocycles. The van der Waals surface area contributed by atoms with Gasteiger partial charge in [0.15, 0.2) is 0 Å². The molecule has 0 amide bonds. The fourth-order valence-electron chi connectivity index (χ4n) is 1.97. The number of hydrogen-bond acceptors (Lipinski definition) is 4. The van der Waals surface area contributed by atoms with Gasteiger partial charge in [0.1, 0.15) is 17.3 Å². The highest BCUT2D eigenvalue weighted by molar-refractivity contribution is 7.98. The lowest BCUT2D eigenvalue weighted by atomic mass is 10.1. The zero-order chi connectivity index (χ0) is 19.3. The SMILES string of the molecule is [2H]C([2H])([2H])Sc1ccc(Oc2cc(F)cc(C#N)c2)c(CCC(=O)O)c1. The molecule has 1 N–H and O–H groups in total. The molecule has 0 saturated carbocycles. The van der Waals surface area contributed by atoms with Crippen molar-refractivity contribution in [2.45, 2.75) is 17.7 Å². The van der Waals surface area contributed by atoms with Crippen molar-refractivity contribution in [2.75, 3.05) is 6.18 Å². The number of thioether (sulfide) groups is 1. The Hall–Kier alpha value is -2.52. The number of nitrogens with zero attached hydrogens (tertiary/aromatic N) is 1. The lowest BCUT2D eigenvalue weighted by Gasteiger charge is -2.12. The minimum absolute atomic E-state index is 0.0849. The Morgan fingerprint density at radius 3 is 2.96 bits per heavy atom. The molecule has 2 rings (SSSR count). The number of rotatable bonds is 6. The molecule has 0 heterocycles. The lowest BCUT2D eigenvalue weighted by molar-refractivity contribution is -0.136. The summed E-state index contributed by atoms with van der Waals surface area (Å²) in [6.07, 6.45) is -2.30. The van der Waals surface area contributed by atoms with Gasteiger partial charge in [0, 0.05) is 21.5 Å². The summed E-state index contributed by atoms with van der Waals surface area (Å²) in [5.74, 6) is -1.28. The molecule has 118 valence electrons. The number of carboxylic acid groups (broad SMARTS) is 1. The molecule has 0 saturated heterocycles. The van der Waals surface area contributed by atoms with Crippen LogP contribution in [0.1, 0.15) is 21.7 Å². The standard InChI is InChI=1S/C17H14FNO3S/c1-23-15-3-4-16(12(8-15)2-5-17(20)21)22-14-7-11(10-19)6-13(18)9-14/h3-4,6-9H,2,5H2,1H3,(H,20,21)/i1D3. The highest BCUT2D eigenvalue weighted by atomic mass is 32.2. The molecular weight excluding hydrogens is 317 g/mol. The molecule has 0 atom stereocenters. The van der Waals surface area contributed by atoms with E-state index >= 15 is 0 Å². The molecule has 0 aromatic heterocycles. The van der Waals surface area contributed by atoms with Crippen molar-refractivity contribution in [3.8, 4) is 17.6 Å². The van der Waals surface area contributed by atoms with E-state index < -0.39 is 18.0 Å². The van der Waals surface area contributed by atoms with Gasteiger partial charge in [0.2, 0.25) is 0 Å². The van der Waals surface area contributed by atoms with Crippen LogP contribution in [0.2, 0.25) is 0 Å². The van der Waals surface area contributed by atoms with E-state index in [1.54, 1.807) is 6.07 Å². The van der Waals surface area contributed by atoms with Crippen LogP contribution in [0.5, 0.6) is 11.5 Å². The largest absolute Gasteiger partial charge is 0.481 e. The van der Waals surface area contributed by atoms with Crippen LogP contribution < -0.4 is 4.74 Å². The van der Waals surface area contributed by atoms with Crippen molar-refractivity contribution < 1.29 is 23.1 Å². The van der Waals surface area contributed by atoms with Crippen molar-refractivity contribution in [1.82, 2.24) is 0 Å². The van der Waals surface area contributed by atoms with Gasteiger partial charge < -0.3 is 9.84 Å². The van der Waals surface area contributed by atoms with E-state index in [0.717, 1.165) is 12.1 Å². The number of ether oxygens (including phenoxy) is 1. The Bertz CT molecular complexity index is 865. The molecule has 0 fully saturated rings. The van der Waals surface area contributed by atoms with Crippen molar-refractivity contribution in [3.05, 3.63) is 53.3 Å². The molecule has 2 aromatic carbocycles. The van der Waals surface area contributed by atoms with E-state index in [1.165, 1.54) is 18.2 Å². The van der Waals surface area contributed by atoms with Gasteiger partial charge in [0.25, 0.3) is 0 Å². The second kappa shape index (κ2) is 7.65. The Morgan fingerprint density at radius 2 is 2.26 bits per heavy atom. The minimum atomic E-state index is -2.24. The first kappa shape index (κ1) is 13.0. The average molecular weight is 334 g/mol. The minimum Gasteiger partial charge on any atom is -0.481 e. The summed E-state index contributed by atoms with van der Waals surface area (Å²) in [6.45, 7) is 0. The van der Waals surface area contributed by atoms with Crippen LogP contribution in [0.25, 0.3) is 0 Å². The van der Waals surface area contributed by atoms with Gasteiger partial charge in [-0.3, -0.25) is 4.79 Å². The lowest BCUT2D eigenvalue weighted by Crippen LogP contribution is -2.00. The van der Waals surface area contributed by atoms with E-state index in [0.29, 0.717) is 22.2 Å². The van der Waals surface area contributed by atoms with Crippen molar-refractivity contribution >= 4 is 17.7 Å². The summed E-state index contributed by atoms with van der Waals surface area (Å²) in [6, 6.07) is 9.92. The smallest absolute Gasteiger partial charge is 0.303 e. The van der Waals surface area contributed by atoms with Crippen LogP contribution in [0, 0.1) is 17.1 Å². The molecule has 0 spiro atoms. The first-order valence-corrected chi connectivity index (χ1v) is 7.40. The van der Waals surface area contributed by atoms with E-state index in [-0.39, 0.29) is 29.9 Å². The molecule has 23 heavy (non-hydrogen) atoms. The van der Waals surface area contributed by atoms with Gasteiger partial charge in [-0.2, -0.15) is 5.26 Å². The number of carbonyl (C=O) groups is 1. The van der Waals surface area contributed by atoms with E-state index in [9.17, 15) is 9.18 Å². The number of aryl methyl sites for hydroxylation is 1. The second-order valence-electron chi connectivity index (χ2n) is 4.65. The summed E-state index contributed by atoms with van der Waals surface area (Å²) in [7, 11) is 0. The normalized spacial score (nSPS) is 12.6. The number of benzene rings is 2. The molecule has 0 unspecified atom stereocenters. The van der Waals surface area contributed by atoms with Crippen LogP contribution in [-0.2, 0) is 11.2 Å². The van der Waals surface area contributed by atoms with Gasteiger partial charge in [-0.15, -0.1) is 11.8 Å². The number of aliphatic carboxylic acids is 1. The highest BCUT2D eigenvalue weighted by Gasteiger charge is 2.10. The van der Waals surface area contributed by atoms with Crippen LogP contribution in [0.15, 0.2) is 41.3 Å². The van der Waals surface area contributed by atoms with Gasteiger partial charge in [-0.05, 0) is 48.5 Å². The number of hydrogen-bond donors (Lipinski definition) is 1. The van der Waals surface area contributed by atoms with Crippen LogP contribution in [-0.4, -0.2) is 17.3 Å². The molecule has 0 aliphatic rings. The average Bonchev–Trinajstić information content (AvgIpc) is 2.52. The van der Waals surface area contributed by atoms with Crippen molar-refractivity contribution in [3.63, 3.8) is 0 Å². The Kier molecular flexibility index (Phi) is 4.32.